The molecule has 2 aromatic rings. The number of fused-ring (bicyclic) bond motifs is 1. The minimum absolute atomic E-state index is 0.100. The number of aromatic nitrogens is 2. The number of hydrogen-bond donors (Lipinski definition) is 4. The second-order valence-electron chi connectivity index (χ2n) is 6.52. The molecule has 0 radical (unpaired) electrons. The smallest absolute Gasteiger partial charge is 0.254 e. The maximum atomic E-state index is 11.8. The van der Waals surface area contributed by atoms with Crippen LogP contribution in [0.25, 0.3) is 6.08 Å². The van der Waals surface area contributed by atoms with E-state index in [1.165, 1.54) is 6.20 Å². The normalized spacial score (nSPS) is 15.9. The summed E-state index contributed by atoms with van der Waals surface area (Å²) >= 11 is 0. The Morgan fingerprint density at radius 3 is 2.96 bits per heavy atom. The van der Waals surface area contributed by atoms with Crippen molar-refractivity contribution < 1.29 is 9.53 Å². The Bertz CT molecular complexity index is 977. The van der Waals surface area contributed by atoms with Crippen molar-refractivity contribution in [3.05, 3.63) is 40.5 Å². The molecule has 0 saturated carbocycles. The minimum Gasteiger partial charge on any atom is -0.380 e. The molecule has 3 rings (SSSR count). The molecule has 6 N–H and O–H groups in total. The number of nitrogens with zero attached hydrogens (tertiary/aromatic N) is 3. The van der Waals surface area contributed by atoms with Crippen LogP contribution in [0.1, 0.15) is 24.2 Å². The lowest BCUT2D eigenvalue weighted by molar-refractivity contribution is 0.100. The van der Waals surface area contributed by atoms with E-state index in [0.29, 0.717) is 31.5 Å². The van der Waals surface area contributed by atoms with Gasteiger partial charge in [-0.2, -0.15) is 4.98 Å². The van der Waals surface area contributed by atoms with E-state index < -0.39 is 5.91 Å². The van der Waals surface area contributed by atoms with Crippen molar-refractivity contribution in [1.29, 1.82) is 0 Å². The summed E-state index contributed by atoms with van der Waals surface area (Å²) in [5.41, 5.74) is 12.5. The zero-order valence-electron chi connectivity index (χ0n) is 16.0. The fraction of sp³-hybridized carbons (Fsp3) is 0.368. The summed E-state index contributed by atoms with van der Waals surface area (Å²) in [5.74, 6) is 0.0514. The van der Waals surface area contributed by atoms with E-state index in [0.717, 1.165) is 16.3 Å². The van der Waals surface area contributed by atoms with Gasteiger partial charge in [-0.1, -0.05) is 6.07 Å². The number of benzene rings is 1. The highest BCUT2D eigenvalue weighted by Gasteiger charge is 2.15. The monoisotopic (exact) mass is 383 g/mol. The van der Waals surface area contributed by atoms with Gasteiger partial charge >= 0.3 is 0 Å². The minimum atomic E-state index is -0.614. The zero-order valence-corrected chi connectivity index (χ0v) is 16.0. The van der Waals surface area contributed by atoms with Crippen molar-refractivity contribution in [3.63, 3.8) is 0 Å². The van der Waals surface area contributed by atoms with Gasteiger partial charge in [0.1, 0.15) is 11.4 Å². The molecular weight excluding hydrogens is 358 g/mol. The van der Waals surface area contributed by atoms with Gasteiger partial charge in [0.2, 0.25) is 5.95 Å². The van der Waals surface area contributed by atoms with Gasteiger partial charge in [0, 0.05) is 36.3 Å². The lowest BCUT2D eigenvalue weighted by Crippen LogP contribution is -2.34. The Kier molecular flexibility index (Phi) is 6.17. The first kappa shape index (κ1) is 19.7. The predicted molar refractivity (Wildman–Crippen MR) is 108 cm³/mol. The highest BCUT2D eigenvalue weighted by atomic mass is 16.5. The van der Waals surface area contributed by atoms with E-state index in [4.69, 9.17) is 16.2 Å². The van der Waals surface area contributed by atoms with Crippen LogP contribution in [0.4, 0.5) is 17.5 Å². The molecule has 9 nitrogen and oxygen atoms in total. The molecule has 2 unspecified atom stereocenters. The SMILES string of the molecule is CCOCC(N)CNc1ncc(C(N)=O)c(Nc2cccc3c2=CC(C)N=3)n1. The van der Waals surface area contributed by atoms with Gasteiger partial charge < -0.3 is 26.8 Å². The summed E-state index contributed by atoms with van der Waals surface area (Å²) in [6, 6.07) is 5.64. The zero-order chi connectivity index (χ0) is 20.1. The van der Waals surface area contributed by atoms with Crippen molar-refractivity contribution in [2.45, 2.75) is 25.9 Å². The lowest BCUT2D eigenvalue weighted by atomic mass is 10.2. The second-order valence-corrected chi connectivity index (χ2v) is 6.52. The van der Waals surface area contributed by atoms with Crippen LogP contribution in [-0.4, -0.2) is 47.7 Å². The molecule has 2 heterocycles. The van der Waals surface area contributed by atoms with Gasteiger partial charge in [0.05, 0.1) is 18.0 Å². The number of anilines is 3. The van der Waals surface area contributed by atoms with Gasteiger partial charge in [-0.25, -0.2) is 4.98 Å². The molecule has 9 heteroatoms. The van der Waals surface area contributed by atoms with Crippen molar-refractivity contribution in [2.24, 2.45) is 16.5 Å². The quantitative estimate of drug-likeness (QED) is 0.474. The summed E-state index contributed by atoms with van der Waals surface area (Å²) in [7, 11) is 0. The number of carbonyl (C=O) groups is 1. The van der Waals surface area contributed by atoms with Gasteiger partial charge in [0.15, 0.2) is 0 Å². The molecule has 0 fully saturated rings. The van der Waals surface area contributed by atoms with E-state index >= 15 is 0 Å². The number of nitrogens with two attached hydrogens (primary N) is 2. The van der Waals surface area contributed by atoms with Crippen molar-refractivity contribution in [3.8, 4) is 0 Å². The van der Waals surface area contributed by atoms with Crippen LogP contribution in [-0.2, 0) is 4.74 Å². The van der Waals surface area contributed by atoms with Crippen molar-refractivity contribution in [1.82, 2.24) is 9.97 Å². The molecule has 2 atom stereocenters. The lowest BCUT2D eigenvalue weighted by Gasteiger charge is -2.14. The van der Waals surface area contributed by atoms with Gasteiger partial charge in [-0.05, 0) is 32.1 Å². The number of ether oxygens (including phenoxy) is 1. The highest BCUT2D eigenvalue weighted by molar-refractivity contribution is 5.98. The molecule has 1 aliphatic rings. The molecule has 0 spiro atoms. The number of rotatable bonds is 9. The van der Waals surface area contributed by atoms with E-state index in [1.54, 1.807) is 0 Å². The van der Waals surface area contributed by atoms with Crippen LogP contribution < -0.4 is 32.7 Å². The molecular formula is C19H25N7O2. The second kappa shape index (κ2) is 8.77. The number of hydrogen-bond acceptors (Lipinski definition) is 8. The molecule has 1 aromatic carbocycles. The van der Waals surface area contributed by atoms with Crippen LogP contribution in [0, 0.1) is 0 Å². The summed E-state index contributed by atoms with van der Waals surface area (Å²) in [6.07, 6.45) is 3.45. The van der Waals surface area contributed by atoms with E-state index in [-0.39, 0.29) is 17.6 Å². The average Bonchev–Trinajstić information content (AvgIpc) is 3.06. The van der Waals surface area contributed by atoms with Crippen molar-refractivity contribution >= 4 is 29.4 Å². The standard InChI is InChI=1S/C19H25N7O2/c1-3-28-10-12(20)8-22-19-23-9-14(17(21)27)18(26-19)25-16-6-4-5-15-13(16)7-11(2)24-15/h4-7,9,11-12H,3,8,10,20H2,1-2H3,(H2,21,27)(H2,22,23,25,26). The van der Waals surface area contributed by atoms with Crippen molar-refractivity contribution in [2.75, 3.05) is 30.4 Å². The largest absolute Gasteiger partial charge is 0.380 e. The third kappa shape index (κ3) is 4.62. The third-order valence-electron chi connectivity index (χ3n) is 4.20. The van der Waals surface area contributed by atoms with Crippen LogP contribution in [0.5, 0.6) is 0 Å². The van der Waals surface area contributed by atoms with Gasteiger partial charge in [0.25, 0.3) is 5.91 Å². The first-order valence-corrected chi connectivity index (χ1v) is 9.17. The molecule has 0 saturated heterocycles. The summed E-state index contributed by atoms with van der Waals surface area (Å²) < 4.78 is 5.30. The first-order chi connectivity index (χ1) is 13.5. The Morgan fingerprint density at radius 2 is 2.21 bits per heavy atom. The highest BCUT2D eigenvalue weighted by Crippen LogP contribution is 2.17. The van der Waals surface area contributed by atoms with Crippen LogP contribution in [0.15, 0.2) is 29.4 Å². The maximum Gasteiger partial charge on any atom is 0.254 e. The Balaban J connectivity index is 1.84. The van der Waals surface area contributed by atoms with Gasteiger partial charge in [-0.15, -0.1) is 0 Å². The summed E-state index contributed by atoms with van der Waals surface area (Å²) in [5, 5.41) is 8.12. The molecule has 148 valence electrons. The number of nitrogens with one attached hydrogen (secondary N) is 2. The topological polar surface area (TPSA) is 141 Å². The number of amides is 1. The Labute approximate surface area is 162 Å². The average molecular weight is 383 g/mol. The molecule has 0 bridgehead atoms. The molecule has 1 amide bonds. The first-order valence-electron chi connectivity index (χ1n) is 9.17. The predicted octanol–water partition coefficient (Wildman–Crippen LogP) is -0.103. The summed E-state index contributed by atoms with van der Waals surface area (Å²) in [4.78, 5) is 24.9. The number of carbonyl (C=O) groups excluding carboxylic acids is 1. The molecule has 0 aliphatic carbocycles. The summed E-state index contributed by atoms with van der Waals surface area (Å²) in [6.45, 7) is 5.39. The number of primary amides is 1. The fourth-order valence-electron chi connectivity index (χ4n) is 2.87. The molecule has 28 heavy (non-hydrogen) atoms. The van der Waals surface area contributed by atoms with Crippen LogP contribution in [0.3, 0.4) is 0 Å². The maximum absolute atomic E-state index is 11.8. The van der Waals surface area contributed by atoms with E-state index in [9.17, 15) is 4.79 Å². The Hall–Kier alpha value is -3.04. The van der Waals surface area contributed by atoms with Crippen LogP contribution >= 0.6 is 0 Å². The van der Waals surface area contributed by atoms with Crippen LogP contribution in [0.2, 0.25) is 0 Å². The van der Waals surface area contributed by atoms with Gasteiger partial charge in [-0.3, -0.25) is 9.79 Å². The van der Waals surface area contributed by atoms with E-state index in [2.05, 4.69) is 31.7 Å². The molecule has 1 aliphatic heterocycles. The Morgan fingerprint density at radius 1 is 1.39 bits per heavy atom. The molecule has 1 aromatic heterocycles. The van der Waals surface area contributed by atoms with E-state index in [1.807, 2.05) is 32.0 Å². The fourth-order valence-corrected chi connectivity index (χ4v) is 2.87. The third-order valence-corrected chi connectivity index (χ3v) is 4.20.